The van der Waals surface area contributed by atoms with Gasteiger partial charge in [0.2, 0.25) is 0 Å². The summed E-state index contributed by atoms with van der Waals surface area (Å²) in [5.74, 6) is 0. The van der Waals surface area contributed by atoms with Crippen molar-refractivity contribution in [3.05, 3.63) is 29.8 Å². The second-order valence-corrected chi connectivity index (χ2v) is 6.53. The SMILES string of the molecule is CCC(N)c1ccccc1N1CCN(C2CCCC2)CC1. The first-order valence-electron chi connectivity index (χ1n) is 8.63. The van der Waals surface area contributed by atoms with Crippen LogP contribution >= 0.6 is 0 Å². The highest BCUT2D eigenvalue weighted by Gasteiger charge is 2.27. The maximum atomic E-state index is 6.29. The zero-order chi connectivity index (χ0) is 14.7. The molecule has 1 aliphatic heterocycles. The van der Waals surface area contributed by atoms with E-state index in [2.05, 4.69) is 41.0 Å². The fraction of sp³-hybridized carbons (Fsp3) is 0.667. The highest BCUT2D eigenvalue weighted by atomic mass is 15.3. The molecule has 2 N–H and O–H groups in total. The van der Waals surface area contributed by atoms with Gasteiger partial charge in [-0.15, -0.1) is 0 Å². The lowest BCUT2D eigenvalue weighted by atomic mass is 10.0. The van der Waals surface area contributed by atoms with E-state index >= 15 is 0 Å². The van der Waals surface area contributed by atoms with Crippen molar-refractivity contribution in [3.8, 4) is 0 Å². The van der Waals surface area contributed by atoms with E-state index in [0.717, 1.165) is 25.6 Å². The van der Waals surface area contributed by atoms with Crippen LogP contribution < -0.4 is 10.6 Å². The maximum Gasteiger partial charge on any atom is 0.0415 e. The minimum Gasteiger partial charge on any atom is -0.369 e. The average molecular weight is 287 g/mol. The molecule has 1 aromatic carbocycles. The largest absolute Gasteiger partial charge is 0.369 e. The van der Waals surface area contributed by atoms with Crippen molar-refractivity contribution in [1.29, 1.82) is 0 Å². The number of anilines is 1. The van der Waals surface area contributed by atoms with Crippen LogP contribution in [0.2, 0.25) is 0 Å². The number of hydrogen-bond acceptors (Lipinski definition) is 3. The highest BCUT2D eigenvalue weighted by molar-refractivity contribution is 5.55. The number of benzene rings is 1. The highest BCUT2D eigenvalue weighted by Crippen LogP contribution is 2.29. The van der Waals surface area contributed by atoms with Crippen molar-refractivity contribution >= 4 is 5.69 Å². The number of nitrogens with zero attached hydrogens (tertiary/aromatic N) is 2. The van der Waals surface area contributed by atoms with Gasteiger partial charge in [-0.1, -0.05) is 38.0 Å². The number of para-hydroxylation sites is 1. The molecule has 21 heavy (non-hydrogen) atoms. The molecular formula is C18H29N3. The third-order valence-corrected chi connectivity index (χ3v) is 5.27. The number of piperazine rings is 1. The molecule has 3 nitrogen and oxygen atoms in total. The molecule has 3 rings (SSSR count). The van der Waals surface area contributed by atoms with Crippen molar-refractivity contribution < 1.29 is 0 Å². The Morgan fingerprint density at radius 1 is 1.10 bits per heavy atom. The molecule has 1 aromatic rings. The van der Waals surface area contributed by atoms with E-state index in [1.807, 2.05) is 0 Å². The molecular weight excluding hydrogens is 258 g/mol. The minimum atomic E-state index is 0.161. The van der Waals surface area contributed by atoms with Gasteiger partial charge in [-0.25, -0.2) is 0 Å². The van der Waals surface area contributed by atoms with Crippen LogP contribution in [0.5, 0.6) is 0 Å². The summed E-state index contributed by atoms with van der Waals surface area (Å²) in [5.41, 5.74) is 8.96. The minimum absolute atomic E-state index is 0.161. The fourth-order valence-electron chi connectivity index (χ4n) is 3.91. The van der Waals surface area contributed by atoms with E-state index in [-0.39, 0.29) is 6.04 Å². The summed E-state index contributed by atoms with van der Waals surface area (Å²) < 4.78 is 0. The van der Waals surface area contributed by atoms with Gasteiger partial charge in [-0.2, -0.15) is 0 Å². The molecule has 1 atom stereocenters. The van der Waals surface area contributed by atoms with Crippen LogP contribution in [0.15, 0.2) is 24.3 Å². The lowest BCUT2D eigenvalue weighted by molar-refractivity contribution is 0.187. The lowest BCUT2D eigenvalue weighted by Crippen LogP contribution is -2.50. The molecule has 2 aliphatic rings. The second kappa shape index (κ2) is 6.80. The number of nitrogens with two attached hydrogens (primary N) is 1. The molecule has 1 saturated carbocycles. The van der Waals surface area contributed by atoms with Crippen LogP contribution in [0.4, 0.5) is 5.69 Å². The first-order valence-corrected chi connectivity index (χ1v) is 8.63. The van der Waals surface area contributed by atoms with Crippen LogP contribution in [0.25, 0.3) is 0 Å². The summed E-state index contributed by atoms with van der Waals surface area (Å²) >= 11 is 0. The molecule has 116 valence electrons. The first-order chi connectivity index (χ1) is 10.3. The van der Waals surface area contributed by atoms with E-state index in [1.165, 1.54) is 50.0 Å². The number of hydrogen-bond donors (Lipinski definition) is 1. The molecule has 1 heterocycles. The predicted molar refractivity (Wildman–Crippen MR) is 89.7 cm³/mol. The summed E-state index contributed by atoms with van der Waals surface area (Å²) in [5, 5.41) is 0. The van der Waals surface area contributed by atoms with Gasteiger partial charge in [0.25, 0.3) is 0 Å². The van der Waals surface area contributed by atoms with Crippen molar-refractivity contribution in [1.82, 2.24) is 4.90 Å². The molecule has 2 fully saturated rings. The van der Waals surface area contributed by atoms with Crippen LogP contribution in [-0.2, 0) is 0 Å². The van der Waals surface area contributed by atoms with Crippen molar-refractivity contribution in [2.45, 2.75) is 51.1 Å². The van der Waals surface area contributed by atoms with Crippen molar-refractivity contribution in [3.63, 3.8) is 0 Å². The maximum absolute atomic E-state index is 6.29. The van der Waals surface area contributed by atoms with E-state index in [9.17, 15) is 0 Å². The average Bonchev–Trinajstić information content (AvgIpc) is 3.09. The summed E-state index contributed by atoms with van der Waals surface area (Å²) in [6.45, 7) is 6.87. The van der Waals surface area contributed by atoms with Gasteiger partial charge in [0, 0.05) is 44.0 Å². The monoisotopic (exact) mass is 287 g/mol. The van der Waals surface area contributed by atoms with Crippen LogP contribution in [0, 0.1) is 0 Å². The van der Waals surface area contributed by atoms with Gasteiger partial charge in [-0.05, 0) is 30.9 Å². The van der Waals surface area contributed by atoms with E-state index in [0.29, 0.717) is 0 Å². The Balaban J connectivity index is 1.66. The molecule has 0 spiro atoms. The van der Waals surface area contributed by atoms with Gasteiger partial charge >= 0.3 is 0 Å². The van der Waals surface area contributed by atoms with Gasteiger partial charge in [0.15, 0.2) is 0 Å². The van der Waals surface area contributed by atoms with Gasteiger partial charge in [0.05, 0.1) is 0 Å². The summed E-state index contributed by atoms with van der Waals surface area (Å²) in [6.07, 6.45) is 6.69. The first kappa shape index (κ1) is 14.9. The smallest absolute Gasteiger partial charge is 0.0415 e. The quantitative estimate of drug-likeness (QED) is 0.923. The third kappa shape index (κ3) is 3.24. The van der Waals surface area contributed by atoms with Gasteiger partial charge in [0.1, 0.15) is 0 Å². The van der Waals surface area contributed by atoms with Crippen molar-refractivity contribution in [2.24, 2.45) is 5.73 Å². The topological polar surface area (TPSA) is 32.5 Å². The summed E-state index contributed by atoms with van der Waals surface area (Å²) in [7, 11) is 0. The van der Waals surface area contributed by atoms with Crippen LogP contribution in [0.3, 0.4) is 0 Å². The molecule has 0 aromatic heterocycles. The Hall–Kier alpha value is -1.06. The van der Waals surface area contributed by atoms with E-state index in [4.69, 9.17) is 5.73 Å². The molecule has 0 amide bonds. The van der Waals surface area contributed by atoms with Crippen molar-refractivity contribution in [2.75, 3.05) is 31.1 Å². The molecule has 1 saturated heterocycles. The summed E-state index contributed by atoms with van der Waals surface area (Å²) in [4.78, 5) is 5.25. The second-order valence-electron chi connectivity index (χ2n) is 6.53. The Morgan fingerprint density at radius 3 is 2.43 bits per heavy atom. The van der Waals surface area contributed by atoms with E-state index < -0.39 is 0 Å². The predicted octanol–water partition coefficient (Wildman–Crippen LogP) is 3.16. The Bertz CT molecular complexity index is 446. The molecule has 1 unspecified atom stereocenters. The lowest BCUT2D eigenvalue weighted by Gasteiger charge is -2.40. The zero-order valence-electron chi connectivity index (χ0n) is 13.3. The van der Waals surface area contributed by atoms with Crippen LogP contribution in [-0.4, -0.2) is 37.1 Å². The zero-order valence-corrected chi connectivity index (χ0v) is 13.3. The van der Waals surface area contributed by atoms with Gasteiger partial charge < -0.3 is 10.6 Å². The third-order valence-electron chi connectivity index (χ3n) is 5.27. The normalized spacial score (nSPS) is 22.7. The Kier molecular flexibility index (Phi) is 4.81. The summed E-state index contributed by atoms with van der Waals surface area (Å²) in [6, 6.07) is 9.73. The molecule has 1 aliphatic carbocycles. The number of rotatable bonds is 4. The van der Waals surface area contributed by atoms with Crippen LogP contribution in [0.1, 0.15) is 50.6 Å². The van der Waals surface area contributed by atoms with E-state index in [1.54, 1.807) is 0 Å². The Morgan fingerprint density at radius 2 is 1.76 bits per heavy atom. The Labute approximate surface area is 129 Å². The fourth-order valence-corrected chi connectivity index (χ4v) is 3.91. The molecule has 0 bridgehead atoms. The molecule has 3 heteroatoms. The molecule has 0 radical (unpaired) electrons. The van der Waals surface area contributed by atoms with Gasteiger partial charge in [-0.3, -0.25) is 4.90 Å². The standard InChI is InChI=1S/C18H29N3/c1-2-17(19)16-9-5-6-10-18(16)21-13-11-20(12-14-21)15-7-3-4-8-15/h5-6,9-10,15,17H,2-4,7-8,11-14,19H2,1H3.